The smallest absolute Gasteiger partial charge is 0.264 e. The van der Waals surface area contributed by atoms with Crippen LogP contribution < -0.4 is 9.62 Å². The van der Waals surface area contributed by atoms with Crippen LogP contribution in [0.2, 0.25) is 0 Å². The number of rotatable bonds is 6. The van der Waals surface area contributed by atoms with Crippen molar-refractivity contribution in [1.82, 2.24) is 5.16 Å². The van der Waals surface area contributed by atoms with Gasteiger partial charge in [0.15, 0.2) is 0 Å². The number of nitrogens with one attached hydrogen (secondary N) is 1. The molecule has 158 valence electrons. The van der Waals surface area contributed by atoms with Crippen LogP contribution in [-0.4, -0.2) is 26.5 Å². The average molecular weight is 428 g/mol. The highest BCUT2D eigenvalue weighted by Gasteiger charge is 2.26. The molecule has 2 aromatic carbocycles. The van der Waals surface area contributed by atoms with E-state index in [2.05, 4.69) is 10.5 Å². The Morgan fingerprint density at radius 2 is 1.80 bits per heavy atom. The molecule has 0 aliphatic heterocycles. The minimum absolute atomic E-state index is 0.181. The lowest BCUT2D eigenvalue weighted by atomic mass is 10.0. The van der Waals surface area contributed by atoms with Crippen LogP contribution in [0.3, 0.4) is 0 Å². The number of hydrogen-bond donors (Lipinski definition) is 1. The van der Waals surface area contributed by atoms with Gasteiger partial charge in [-0.3, -0.25) is 14.4 Å². The van der Waals surface area contributed by atoms with Gasteiger partial charge < -0.3 is 4.52 Å². The normalized spacial score (nSPS) is 11.4. The molecule has 1 aromatic heterocycles. The summed E-state index contributed by atoms with van der Waals surface area (Å²) in [5.74, 6) is -0.0902. The van der Waals surface area contributed by atoms with Gasteiger partial charge in [-0.2, -0.15) is 0 Å². The third kappa shape index (κ3) is 4.09. The van der Waals surface area contributed by atoms with Crippen LogP contribution in [0.15, 0.2) is 51.9 Å². The zero-order valence-electron chi connectivity index (χ0n) is 17.7. The Labute approximate surface area is 176 Å². The van der Waals surface area contributed by atoms with Crippen molar-refractivity contribution < 1.29 is 17.7 Å². The molecule has 1 heterocycles. The standard InChI is InChI=1S/C22H25N3O4S/c1-6-19-21(22(29-24-19)23-16(4)26)17-10-9-15(3)20(13-17)30(27,28)25(5)18-11-7-14(2)8-12-18/h7-13H,6H2,1-5H3,(H,23,26). The summed E-state index contributed by atoms with van der Waals surface area (Å²) >= 11 is 0. The summed E-state index contributed by atoms with van der Waals surface area (Å²) in [5, 5.41) is 6.65. The molecule has 0 atom stereocenters. The maximum atomic E-state index is 13.4. The first kappa shape index (κ1) is 21.6. The molecule has 1 N–H and O–H groups in total. The number of aryl methyl sites for hydroxylation is 3. The minimum Gasteiger partial charge on any atom is -0.337 e. The molecule has 30 heavy (non-hydrogen) atoms. The monoisotopic (exact) mass is 427 g/mol. The van der Waals surface area contributed by atoms with Crippen molar-refractivity contribution in [2.75, 3.05) is 16.7 Å². The molecule has 0 bridgehead atoms. The van der Waals surface area contributed by atoms with Gasteiger partial charge in [0, 0.05) is 14.0 Å². The van der Waals surface area contributed by atoms with Crippen LogP contribution >= 0.6 is 0 Å². The Balaban J connectivity index is 2.11. The summed E-state index contributed by atoms with van der Waals surface area (Å²) in [6.07, 6.45) is 0.567. The lowest BCUT2D eigenvalue weighted by molar-refractivity contribution is -0.114. The molecule has 0 aliphatic rings. The minimum atomic E-state index is -3.81. The predicted molar refractivity (Wildman–Crippen MR) is 117 cm³/mol. The van der Waals surface area contributed by atoms with E-state index >= 15 is 0 Å². The summed E-state index contributed by atoms with van der Waals surface area (Å²) in [6, 6.07) is 12.4. The second kappa shape index (κ2) is 8.31. The molecule has 0 saturated heterocycles. The Kier molecular flexibility index (Phi) is 5.98. The van der Waals surface area contributed by atoms with Crippen molar-refractivity contribution in [2.24, 2.45) is 0 Å². The van der Waals surface area contributed by atoms with E-state index in [0.29, 0.717) is 34.5 Å². The van der Waals surface area contributed by atoms with Gasteiger partial charge in [-0.05, 0) is 49.6 Å². The van der Waals surface area contributed by atoms with Gasteiger partial charge in [0.2, 0.25) is 11.8 Å². The van der Waals surface area contributed by atoms with Crippen LogP contribution in [-0.2, 0) is 21.2 Å². The lowest BCUT2D eigenvalue weighted by Crippen LogP contribution is -2.27. The summed E-state index contributed by atoms with van der Waals surface area (Å²) < 4.78 is 33.3. The molecule has 0 aliphatic carbocycles. The fraction of sp³-hybridized carbons (Fsp3) is 0.273. The highest BCUT2D eigenvalue weighted by atomic mass is 32.2. The third-order valence-corrected chi connectivity index (χ3v) is 6.83. The number of hydrogen-bond acceptors (Lipinski definition) is 5. The van der Waals surface area contributed by atoms with Gasteiger partial charge >= 0.3 is 0 Å². The number of carbonyl (C=O) groups excluding carboxylic acids is 1. The molecule has 7 nitrogen and oxygen atoms in total. The number of aromatic nitrogens is 1. The molecular weight excluding hydrogens is 402 g/mol. The maximum absolute atomic E-state index is 13.4. The Morgan fingerprint density at radius 1 is 1.13 bits per heavy atom. The van der Waals surface area contributed by atoms with Crippen molar-refractivity contribution >= 4 is 27.5 Å². The second-order valence-electron chi connectivity index (χ2n) is 7.16. The molecule has 3 aromatic rings. The van der Waals surface area contributed by atoms with E-state index < -0.39 is 10.0 Å². The van der Waals surface area contributed by atoms with Gasteiger partial charge in [0.25, 0.3) is 10.0 Å². The fourth-order valence-electron chi connectivity index (χ4n) is 3.18. The zero-order chi connectivity index (χ0) is 22.1. The number of sulfonamides is 1. The van der Waals surface area contributed by atoms with Gasteiger partial charge in [-0.1, -0.05) is 41.9 Å². The number of carbonyl (C=O) groups is 1. The van der Waals surface area contributed by atoms with E-state index in [9.17, 15) is 13.2 Å². The summed E-state index contributed by atoms with van der Waals surface area (Å²) in [5.41, 5.74) is 4.07. The Hall–Kier alpha value is -3.13. The van der Waals surface area contributed by atoms with E-state index in [1.54, 1.807) is 37.3 Å². The molecule has 3 rings (SSSR count). The SMILES string of the molecule is CCc1noc(NC(C)=O)c1-c1ccc(C)c(S(=O)(=O)N(C)c2ccc(C)cc2)c1. The maximum Gasteiger partial charge on any atom is 0.264 e. The van der Waals surface area contributed by atoms with Crippen molar-refractivity contribution in [1.29, 1.82) is 0 Å². The van der Waals surface area contributed by atoms with Crippen molar-refractivity contribution in [2.45, 2.75) is 39.0 Å². The first-order valence-electron chi connectivity index (χ1n) is 9.58. The molecule has 1 amide bonds. The highest BCUT2D eigenvalue weighted by molar-refractivity contribution is 7.92. The number of amides is 1. The molecule has 8 heteroatoms. The zero-order valence-corrected chi connectivity index (χ0v) is 18.5. The quantitative estimate of drug-likeness (QED) is 0.633. The topological polar surface area (TPSA) is 92.5 Å². The number of anilines is 2. The van der Waals surface area contributed by atoms with Crippen LogP contribution in [0.5, 0.6) is 0 Å². The summed E-state index contributed by atoms with van der Waals surface area (Å²) in [4.78, 5) is 11.7. The van der Waals surface area contributed by atoms with Crippen molar-refractivity contribution in [3.63, 3.8) is 0 Å². The first-order valence-corrected chi connectivity index (χ1v) is 11.0. The van der Waals surface area contributed by atoms with Crippen molar-refractivity contribution in [3.05, 3.63) is 59.3 Å². The van der Waals surface area contributed by atoms with Crippen LogP contribution in [0, 0.1) is 13.8 Å². The molecule has 0 saturated carbocycles. The second-order valence-corrected chi connectivity index (χ2v) is 9.09. The summed E-state index contributed by atoms with van der Waals surface area (Å²) in [7, 11) is -2.28. The Morgan fingerprint density at radius 3 is 2.40 bits per heavy atom. The average Bonchev–Trinajstić information content (AvgIpc) is 3.10. The molecule has 0 radical (unpaired) electrons. The molecule has 0 fully saturated rings. The van der Waals surface area contributed by atoms with Gasteiger partial charge in [0.1, 0.15) is 0 Å². The van der Waals surface area contributed by atoms with Gasteiger partial charge in [-0.15, -0.1) is 0 Å². The van der Waals surface area contributed by atoms with Gasteiger partial charge in [0.05, 0.1) is 21.8 Å². The first-order chi connectivity index (χ1) is 14.1. The molecule has 0 unspecified atom stereocenters. The van der Waals surface area contributed by atoms with Crippen molar-refractivity contribution in [3.8, 4) is 11.1 Å². The van der Waals surface area contributed by atoms with Crippen LogP contribution in [0.4, 0.5) is 11.6 Å². The molecular formula is C22H25N3O4S. The number of nitrogens with zero attached hydrogens (tertiary/aromatic N) is 2. The van der Waals surface area contributed by atoms with E-state index in [-0.39, 0.29) is 16.7 Å². The Bertz CT molecular complexity index is 1180. The molecule has 0 spiro atoms. The lowest BCUT2D eigenvalue weighted by Gasteiger charge is -2.21. The predicted octanol–water partition coefficient (Wildman–Crippen LogP) is 4.30. The van der Waals surface area contributed by atoms with E-state index in [0.717, 1.165) is 5.56 Å². The summed E-state index contributed by atoms with van der Waals surface area (Å²) in [6.45, 7) is 6.99. The van der Waals surface area contributed by atoms with E-state index in [4.69, 9.17) is 4.52 Å². The van der Waals surface area contributed by atoms with Crippen LogP contribution in [0.1, 0.15) is 30.7 Å². The largest absolute Gasteiger partial charge is 0.337 e. The third-order valence-electron chi connectivity index (χ3n) is 4.90. The number of benzene rings is 2. The fourth-order valence-corrected chi connectivity index (χ4v) is 4.63. The van der Waals surface area contributed by atoms with Crippen LogP contribution in [0.25, 0.3) is 11.1 Å². The van der Waals surface area contributed by atoms with Gasteiger partial charge in [-0.25, -0.2) is 8.42 Å². The van der Waals surface area contributed by atoms with E-state index in [1.165, 1.54) is 18.3 Å². The van der Waals surface area contributed by atoms with E-state index in [1.807, 2.05) is 26.0 Å². The highest BCUT2D eigenvalue weighted by Crippen LogP contribution is 2.35.